The van der Waals surface area contributed by atoms with Gasteiger partial charge in [-0.15, -0.1) is 0 Å². The van der Waals surface area contributed by atoms with E-state index in [0.29, 0.717) is 11.6 Å². The van der Waals surface area contributed by atoms with Gasteiger partial charge >= 0.3 is 18.3 Å². The van der Waals surface area contributed by atoms with Gasteiger partial charge in [0.2, 0.25) is 0 Å². The summed E-state index contributed by atoms with van der Waals surface area (Å²) in [4.78, 5) is 24.7. The lowest BCUT2D eigenvalue weighted by molar-refractivity contribution is -0.137. The topological polar surface area (TPSA) is 97.9 Å². The minimum atomic E-state index is -4.53. The van der Waals surface area contributed by atoms with Gasteiger partial charge in [0.05, 0.1) is 24.8 Å². The number of ether oxygens (including phenoxy) is 3. The summed E-state index contributed by atoms with van der Waals surface area (Å²) in [5, 5.41) is 7.86. The molecule has 2 aliphatic heterocycles. The molecule has 0 bridgehead atoms. The summed E-state index contributed by atoms with van der Waals surface area (Å²) in [6.07, 6.45) is -7.38. The zero-order chi connectivity index (χ0) is 25.2. The molecule has 3 N–H and O–H groups in total. The maximum Gasteiger partial charge on any atom is 0.416 e. The van der Waals surface area contributed by atoms with E-state index in [1.807, 2.05) is 24.3 Å². The van der Waals surface area contributed by atoms with E-state index in [9.17, 15) is 22.8 Å². The summed E-state index contributed by atoms with van der Waals surface area (Å²) < 4.78 is 55.3. The highest BCUT2D eigenvalue weighted by Gasteiger charge is 2.50. The van der Waals surface area contributed by atoms with Crippen LogP contribution in [0.5, 0.6) is 0 Å². The Morgan fingerprint density at radius 1 is 0.971 bits per heavy atom. The molecule has 3 amide bonds. The second-order valence-electron chi connectivity index (χ2n) is 8.72. The van der Waals surface area contributed by atoms with Gasteiger partial charge in [0.15, 0.2) is 6.10 Å². The molecule has 11 heteroatoms. The molecule has 0 unspecified atom stereocenters. The largest absolute Gasteiger partial charge is 0.441 e. The van der Waals surface area contributed by atoms with Crippen LogP contribution in [0.25, 0.3) is 0 Å². The number of hydrogen-bond donors (Lipinski definition) is 3. The first-order valence-electron chi connectivity index (χ1n) is 11.2. The Balaban J connectivity index is 1.27. The Morgan fingerprint density at radius 2 is 1.69 bits per heavy atom. The summed E-state index contributed by atoms with van der Waals surface area (Å²) in [6.45, 7) is 4.35. The average Bonchev–Trinajstić information content (AvgIpc) is 3.37. The lowest BCUT2D eigenvalue weighted by Crippen LogP contribution is -2.46. The standard InChI is InChI=1S/C24H26F3N3O5/c1-13(2)14-6-8-16(9-7-14)28-22(31)30-18-11-33-21-19(12-34-20(18)21)35-23(32)29-17-5-3-4-15(10-17)24(25,26)27/h3-10,13,18-21H,11-12H2,1-2H3,(H,29,32)(H2,28,30,31)/t18-,19-,20-,21+/m1/s1. The quantitative estimate of drug-likeness (QED) is 0.559. The predicted molar refractivity (Wildman–Crippen MR) is 121 cm³/mol. The second-order valence-corrected chi connectivity index (χ2v) is 8.72. The van der Waals surface area contributed by atoms with Crippen LogP contribution in [0, 0.1) is 0 Å². The molecule has 35 heavy (non-hydrogen) atoms. The number of nitrogens with one attached hydrogen (secondary N) is 3. The third kappa shape index (κ3) is 6.04. The number of benzene rings is 2. The monoisotopic (exact) mass is 493 g/mol. The van der Waals surface area contributed by atoms with Crippen molar-refractivity contribution in [1.29, 1.82) is 0 Å². The van der Waals surface area contributed by atoms with Gasteiger partial charge in [0, 0.05) is 11.4 Å². The summed E-state index contributed by atoms with van der Waals surface area (Å²) in [5.74, 6) is 0.382. The van der Waals surface area contributed by atoms with Crippen LogP contribution in [0.4, 0.5) is 34.1 Å². The molecule has 4 rings (SSSR count). The third-order valence-corrected chi connectivity index (χ3v) is 5.85. The zero-order valence-corrected chi connectivity index (χ0v) is 19.1. The number of rotatable bonds is 5. The maximum atomic E-state index is 12.9. The van der Waals surface area contributed by atoms with Gasteiger partial charge in [0.25, 0.3) is 0 Å². The molecule has 2 aliphatic rings. The van der Waals surface area contributed by atoms with E-state index in [0.717, 1.165) is 17.7 Å². The summed E-state index contributed by atoms with van der Waals surface area (Å²) >= 11 is 0. The van der Waals surface area contributed by atoms with Gasteiger partial charge in [-0.05, 0) is 41.8 Å². The summed E-state index contributed by atoms with van der Waals surface area (Å²) in [5.41, 5.74) is 0.861. The van der Waals surface area contributed by atoms with Crippen molar-refractivity contribution in [3.63, 3.8) is 0 Å². The van der Waals surface area contributed by atoms with Crippen LogP contribution in [0.1, 0.15) is 30.9 Å². The molecule has 0 aliphatic carbocycles. The molecule has 0 saturated carbocycles. The number of amides is 3. The predicted octanol–water partition coefficient (Wildman–Crippen LogP) is 4.73. The molecule has 0 spiro atoms. The molecule has 188 valence electrons. The molecule has 0 aromatic heterocycles. The summed E-state index contributed by atoms with van der Waals surface area (Å²) in [6, 6.07) is 10.9. The van der Waals surface area contributed by atoms with Crippen LogP contribution in [0.15, 0.2) is 48.5 Å². The lowest BCUT2D eigenvalue weighted by atomic mass is 10.0. The van der Waals surface area contributed by atoms with Gasteiger partial charge in [-0.25, -0.2) is 9.59 Å². The highest BCUT2D eigenvalue weighted by Crippen LogP contribution is 2.32. The number of halogens is 3. The van der Waals surface area contributed by atoms with Crippen molar-refractivity contribution in [2.45, 2.75) is 50.3 Å². The second kappa shape index (κ2) is 10.1. The fourth-order valence-corrected chi connectivity index (χ4v) is 4.03. The van der Waals surface area contributed by atoms with E-state index in [4.69, 9.17) is 14.2 Å². The smallest absolute Gasteiger partial charge is 0.416 e. The SMILES string of the molecule is CC(C)c1ccc(NC(=O)N[C@@H]2CO[C@@H]3[C@@H]2OC[C@H]3OC(=O)Nc2cccc(C(F)(F)F)c2)cc1. The number of anilines is 2. The first-order chi connectivity index (χ1) is 16.6. The van der Waals surface area contributed by atoms with Crippen molar-refractivity contribution < 1.29 is 37.0 Å². The van der Waals surface area contributed by atoms with Gasteiger partial charge in [-0.2, -0.15) is 13.2 Å². The fraction of sp³-hybridized carbons (Fsp3) is 0.417. The highest BCUT2D eigenvalue weighted by molar-refractivity contribution is 5.89. The Hall–Kier alpha value is -3.31. The molecular weight excluding hydrogens is 467 g/mol. The summed E-state index contributed by atoms with van der Waals surface area (Å²) in [7, 11) is 0. The first-order valence-corrected chi connectivity index (χ1v) is 11.2. The van der Waals surface area contributed by atoms with Crippen molar-refractivity contribution in [2.24, 2.45) is 0 Å². The average molecular weight is 493 g/mol. The van der Waals surface area contributed by atoms with E-state index in [1.54, 1.807) is 0 Å². The van der Waals surface area contributed by atoms with Crippen molar-refractivity contribution in [1.82, 2.24) is 5.32 Å². The molecule has 2 saturated heterocycles. The van der Waals surface area contributed by atoms with Gasteiger partial charge < -0.3 is 24.8 Å². The van der Waals surface area contributed by atoms with E-state index < -0.39 is 48.2 Å². The van der Waals surface area contributed by atoms with Crippen molar-refractivity contribution in [2.75, 3.05) is 23.8 Å². The number of alkyl halides is 3. The molecule has 2 heterocycles. The van der Waals surface area contributed by atoms with E-state index in [-0.39, 0.29) is 18.9 Å². The molecule has 0 radical (unpaired) electrons. The molecule has 8 nitrogen and oxygen atoms in total. The van der Waals surface area contributed by atoms with Crippen molar-refractivity contribution in [3.05, 3.63) is 59.7 Å². The minimum Gasteiger partial charge on any atom is -0.441 e. The van der Waals surface area contributed by atoms with Gasteiger partial charge in [0.1, 0.15) is 12.2 Å². The van der Waals surface area contributed by atoms with Crippen LogP contribution in [0.2, 0.25) is 0 Å². The molecule has 2 fully saturated rings. The fourth-order valence-electron chi connectivity index (χ4n) is 4.03. The van der Waals surface area contributed by atoms with Crippen LogP contribution in [-0.2, 0) is 20.4 Å². The zero-order valence-electron chi connectivity index (χ0n) is 19.1. The Bertz CT molecular complexity index is 1060. The number of urea groups is 1. The van der Waals surface area contributed by atoms with Crippen molar-refractivity contribution >= 4 is 23.5 Å². The molecule has 2 aromatic rings. The van der Waals surface area contributed by atoms with Gasteiger partial charge in [-0.3, -0.25) is 5.32 Å². The normalized spacial score (nSPS) is 23.6. The number of fused-ring (bicyclic) bond motifs is 1. The van der Waals surface area contributed by atoms with Crippen molar-refractivity contribution in [3.8, 4) is 0 Å². The Labute approximate surface area is 200 Å². The van der Waals surface area contributed by atoms with Gasteiger partial charge in [-0.1, -0.05) is 32.0 Å². The minimum absolute atomic E-state index is 0.0296. The third-order valence-electron chi connectivity index (χ3n) is 5.85. The van der Waals surface area contributed by atoms with Crippen LogP contribution >= 0.6 is 0 Å². The lowest BCUT2D eigenvalue weighted by Gasteiger charge is -2.18. The van der Waals surface area contributed by atoms with E-state index >= 15 is 0 Å². The molecule has 2 aromatic carbocycles. The van der Waals surface area contributed by atoms with E-state index in [2.05, 4.69) is 29.8 Å². The highest BCUT2D eigenvalue weighted by atomic mass is 19.4. The molecular formula is C24H26F3N3O5. The Kier molecular flexibility index (Phi) is 7.18. The number of carbonyl (C=O) groups excluding carboxylic acids is 2. The van der Waals surface area contributed by atoms with E-state index in [1.165, 1.54) is 12.1 Å². The Morgan fingerprint density at radius 3 is 2.37 bits per heavy atom. The first kappa shape index (κ1) is 24.8. The number of hydrogen-bond acceptors (Lipinski definition) is 5. The van der Waals surface area contributed by atoms with Crippen LogP contribution in [-0.4, -0.2) is 49.7 Å². The van der Waals surface area contributed by atoms with Crippen LogP contribution < -0.4 is 16.0 Å². The van der Waals surface area contributed by atoms with Crippen LogP contribution in [0.3, 0.4) is 0 Å². The molecule has 4 atom stereocenters. The number of carbonyl (C=O) groups is 2. The maximum absolute atomic E-state index is 12.9.